The van der Waals surface area contributed by atoms with Gasteiger partial charge in [-0.1, -0.05) is 54.1 Å². The number of carbonyl (C=O) groups excluding carboxylic acids is 1. The highest BCUT2D eigenvalue weighted by molar-refractivity contribution is 6.30. The molecule has 1 aliphatic heterocycles. The Morgan fingerprint density at radius 2 is 1.74 bits per heavy atom. The van der Waals surface area contributed by atoms with Crippen LogP contribution in [0.25, 0.3) is 6.08 Å². The topological polar surface area (TPSA) is 32.7 Å². The molecule has 1 heterocycles. The summed E-state index contributed by atoms with van der Waals surface area (Å²) in [5.74, 6) is -0.195. The number of amides is 1. The molecule has 0 radical (unpaired) electrons. The minimum absolute atomic E-state index is 0.319. The fraction of sp³-hybridized carbons (Fsp3) is 0.0833. The van der Waals surface area contributed by atoms with Crippen molar-refractivity contribution in [2.24, 2.45) is 4.99 Å². The Bertz CT molecular complexity index is 1180. The molecule has 3 nitrogen and oxygen atoms in total. The number of fused-ring (bicyclic) bond motifs is 1. The summed E-state index contributed by atoms with van der Waals surface area (Å²) >= 11 is 5.86. The van der Waals surface area contributed by atoms with Gasteiger partial charge in [-0.3, -0.25) is 4.79 Å². The molecular weight excluding hydrogens is 425 g/mol. The number of alkyl halides is 3. The van der Waals surface area contributed by atoms with E-state index < -0.39 is 17.6 Å². The van der Waals surface area contributed by atoms with Crippen LogP contribution in [0.4, 0.5) is 18.9 Å². The van der Waals surface area contributed by atoms with Crippen LogP contribution in [-0.2, 0) is 17.5 Å². The van der Waals surface area contributed by atoms with Crippen LogP contribution in [0.2, 0.25) is 5.02 Å². The summed E-state index contributed by atoms with van der Waals surface area (Å²) in [6, 6.07) is 19.3. The number of hydrogen-bond donors (Lipinski definition) is 0. The molecule has 0 atom stereocenters. The van der Waals surface area contributed by atoms with E-state index in [1.165, 1.54) is 12.1 Å². The van der Waals surface area contributed by atoms with Gasteiger partial charge in [0, 0.05) is 22.3 Å². The fourth-order valence-corrected chi connectivity index (χ4v) is 3.46. The molecule has 7 heteroatoms. The molecule has 31 heavy (non-hydrogen) atoms. The molecule has 0 saturated carbocycles. The van der Waals surface area contributed by atoms with Gasteiger partial charge in [-0.2, -0.15) is 18.2 Å². The first-order chi connectivity index (χ1) is 14.8. The Morgan fingerprint density at radius 1 is 1.00 bits per heavy atom. The van der Waals surface area contributed by atoms with Crippen molar-refractivity contribution in [3.8, 4) is 0 Å². The average molecular weight is 441 g/mol. The summed E-state index contributed by atoms with van der Waals surface area (Å²) in [5.41, 5.74) is 1.94. The molecule has 3 aromatic rings. The van der Waals surface area contributed by atoms with Gasteiger partial charge in [0.1, 0.15) is 5.84 Å². The third-order valence-corrected chi connectivity index (χ3v) is 5.08. The third kappa shape index (κ3) is 4.70. The van der Waals surface area contributed by atoms with Gasteiger partial charge in [0.05, 0.1) is 12.1 Å². The van der Waals surface area contributed by atoms with Gasteiger partial charge in [0.25, 0.3) is 5.91 Å². The number of aliphatic imine (C=N–C) groups is 1. The second kappa shape index (κ2) is 8.40. The Balaban J connectivity index is 1.68. The Hall–Kier alpha value is -3.38. The minimum Gasteiger partial charge on any atom is -0.321 e. The van der Waals surface area contributed by atoms with Crippen molar-refractivity contribution in [2.75, 3.05) is 4.90 Å². The predicted octanol–water partition coefficient (Wildman–Crippen LogP) is 6.37. The van der Waals surface area contributed by atoms with Gasteiger partial charge in [0.15, 0.2) is 0 Å². The van der Waals surface area contributed by atoms with E-state index in [1.54, 1.807) is 53.4 Å². The van der Waals surface area contributed by atoms with Crippen LogP contribution in [0.3, 0.4) is 0 Å². The molecule has 156 valence electrons. The molecule has 0 bridgehead atoms. The van der Waals surface area contributed by atoms with Gasteiger partial charge < -0.3 is 4.90 Å². The summed E-state index contributed by atoms with van der Waals surface area (Å²) in [5, 5.41) is 0.586. The largest absolute Gasteiger partial charge is 0.416 e. The Morgan fingerprint density at radius 3 is 2.48 bits per heavy atom. The zero-order chi connectivity index (χ0) is 22.0. The number of benzene rings is 3. The summed E-state index contributed by atoms with van der Waals surface area (Å²) in [7, 11) is 0. The van der Waals surface area contributed by atoms with Crippen molar-refractivity contribution in [3.05, 3.63) is 106 Å². The van der Waals surface area contributed by atoms with Crippen LogP contribution in [0.1, 0.15) is 22.3 Å². The number of amidine groups is 1. The maximum Gasteiger partial charge on any atom is 0.416 e. The zero-order valence-electron chi connectivity index (χ0n) is 16.1. The van der Waals surface area contributed by atoms with Crippen LogP contribution in [0.5, 0.6) is 0 Å². The molecule has 0 aromatic heterocycles. The van der Waals surface area contributed by atoms with Gasteiger partial charge in [0.2, 0.25) is 0 Å². The van der Waals surface area contributed by atoms with Crippen LogP contribution in [0.15, 0.2) is 83.9 Å². The molecule has 0 saturated heterocycles. The van der Waals surface area contributed by atoms with Gasteiger partial charge in [-0.15, -0.1) is 0 Å². The summed E-state index contributed by atoms with van der Waals surface area (Å²) < 4.78 is 39.6. The summed E-state index contributed by atoms with van der Waals surface area (Å²) in [4.78, 5) is 18.4. The van der Waals surface area contributed by atoms with Crippen molar-refractivity contribution in [1.29, 1.82) is 0 Å². The van der Waals surface area contributed by atoms with E-state index in [9.17, 15) is 18.0 Å². The van der Waals surface area contributed by atoms with Crippen molar-refractivity contribution >= 4 is 35.1 Å². The van der Waals surface area contributed by atoms with E-state index in [0.717, 1.165) is 23.3 Å². The van der Waals surface area contributed by atoms with Crippen LogP contribution < -0.4 is 4.90 Å². The van der Waals surface area contributed by atoms with Crippen molar-refractivity contribution < 1.29 is 18.0 Å². The predicted molar refractivity (Wildman–Crippen MR) is 116 cm³/mol. The minimum atomic E-state index is -4.46. The molecule has 0 fully saturated rings. The van der Waals surface area contributed by atoms with Crippen molar-refractivity contribution in [3.63, 3.8) is 0 Å². The third-order valence-electron chi connectivity index (χ3n) is 4.83. The first-order valence-electron chi connectivity index (χ1n) is 9.41. The van der Waals surface area contributed by atoms with Crippen molar-refractivity contribution in [2.45, 2.75) is 12.7 Å². The molecule has 0 N–H and O–H groups in total. The maximum atomic E-state index is 13.2. The van der Waals surface area contributed by atoms with Crippen molar-refractivity contribution in [1.82, 2.24) is 0 Å². The first kappa shape index (κ1) is 20.9. The molecule has 0 aliphatic carbocycles. The standard InChI is InChI=1S/C24H16ClF3N2O/c25-19-11-8-16(9-12-19)10-13-22(31)29-23-21-7-2-1-4-17(21)15-30(23)20-6-3-5-18(14-20)24(26,27)28/h1-14H,15H2. The Kier molecular flexibility index (Phi) is 5.65. The normalized spacial score (nSPS) is 15.0. The van der Waals surface area contributed by atoms with Gasteiger partial charge in [-0.05, 0) is 47.5 Å². The van der Waals surface area contributed by atoms with Gasteiger partial charge >= 0.3 is 6.18 Å². The number of hydrogen-bond acceptors (Lipinski definition) is 1. The van der Waals surface area contributed by atoms with Crippen LogP contribution >= 0.6 is 11.6 Å². The average Bonchev–Trinajstić information content (AvgIpc) is 3.11. The van der Waals surface area contributed by atoms with Crippen LogP contribution in [-0.4, -0.2) is 11.7 Å². The summed E-state index contributed by atoms with van der Waals surface area (Å²) in [6.45, 7) is 0.324. The highest BCUT2D eigenvalue weighted by atomic mass is 35.5. The maximum absolute atomic E-state index is 13.2. The molecule has 1 amide bonds. The second-order valence-corrected chi connectivity index (χ2v) is 7.39. The smallest absolute Gasteiger partial charge is 0.321 e. The molecule has 0 spiro atoms. The van der Waals surface area contributed by atoms with E-state index >= 15 is 0 Å². The quantitative estimate of drug-likeness (QED) is 0.443. The Labute approximate surface area is 182 Å². The molecule has 1 aliphatic rings. The van der Waals surface area contributed by atoms with Gasteiger partial charge in [-0.25, -0.2) is 0 Å². The van der Waals surface area contributed by atoms with E-state index in [-0.39, 0.29) is 0 Å². The highest BCUT2D eigenvalue weighted by Crippen LogP contribution is 2.34. The lowest BCUT2D eigenvalue weighted by Gasteiger charge is -2.20. The highest BCUT2D eigenvalue weighted by Gasteiger charge is 2.32. The SMILES string of the molecule is O=C(C=Cc1ccc(Cl)cc1)N=C1c2ccccc2CN1c1cccc(C(F)(F)F)c1. The lowest BCUT2D eigenvalue weighted by Crippen LogP contribution is -2.25. The van der Waals surface area contributed by atoms with E-state index in [0.29, 0.717) is 28.7 Å². The summed E-state index contributed by atoms with van der Waals surface area (Å²) in [6.07, 6.45) is -1.53. The fourth-order valence-electron chi connectivity index (χ4n) is 3.33. The second-order valence-electron chi connectivity index (χ2n) is 6.95. The van der Waals surface area contributed by atoms with E-state index in [4.69, 9.17) is 11.6 Å². The number of anilines is 1. The number of nitrogens with zero attached hydrogens (tertiary/aromatic N) is 2. The lowest BCUT2D eigenvalue weighted by atomic mass is 10.1. The number of halogens is 4. The molecule has 0 unspecified atom stereocenters. The first-order valence-corrected chi connectivity index (χ1v) is 9.78. The molecule has 3 aromatic carbocycles. The van der Waals surface area contributed by atoms with E-state index in [1.807, 2.05) is 12.1 Å². The molecule has 4 rings (SSSR count). The number of carbonyl (C=O) groups is 1. The number of rotatable bonds is 3. The monoisotopic (exact) mass is 440 g/mol. The molecular formula is C24H16ClF3N2O. The lowest BCUT2D eigenvalue weighted by molar-refractivity contribution is -0.137. The van der Waals surface area contributed by atoms with E-state index in [2.05, 4.69) is 4.99 Å². The zero-order valence-corrected chi connectivity index (χ0v) is 16.9. The van der Waals surface area contributed by atoms with Crippen LogP contribution in [0, 0.1) is 0 Å².